The molecule has 4 nitrogen and oxygen atoms in total. The summed E-state index contributed by atoms with van der Waals surface area (Å²) in [5.74, 6) is -0.646. The first-order chi connectivity index (χ1) is 12.6. The van der Waals surface area contributed by atoms with Gasteiger partial charge in [0.2, 0.25) is 0 Å². The molecule has 145 valence electrons. The molecule has 0 spiro atoms. The molecule has 2 aromatic carbocycles. The van der Waals surface area contributed by atoms with Crippen molar-refractivity contribution in [1.82, 2.24) is 5.32 Å². The van der Waals surface area contributed by atoms with Crippen LogP contribution in [0.25, 0.3) is 0 Å². The van der Waals surface area contributed by atoms with Gasteiger partial charge in [0.05, 0.1) is 11.7 Å². The van der Waals surface area contributed by atoms with Gasteiger partial charge >= 0.3 is 0 Å². The van der Waals surface area contributed by atoms with Crippen LogP contribution in [0.15, 0.2) is 42.5 Å². The lowest BCUT2D eigenvalue weighted by Gasteiger charge is -2.25. The van der Waals surface area contributed by atoms with Gasteiger partial charge in [-0.25, -0.2) is 4.39 Å². The number of halogens is 1. The Hall–Kier alpha value is -2.18. The smallest absolute Gasteiger partial charge is 0.274 e. The Balaban J connectivity index is 2.23. The fourth-order valence-electron chi connectivity index (χ4n) is 2.82. The van der Waals surface area contributed by atoms with Gasteiger partial charge in [-0.3, -0.25) is 4.79 Å². The van der Waals surface area contributed by atoms with Crippen molar-refractivity contribution in [2.45, 2.75) is 45.4 Å². The predicted octanol–water partition coefficient (Wildman–Crippen LogP) is 4.22. The lowest BCUT2D eigenvalue weighted by Crippen LogP contribution is -2.30. The molecule has 0 fully saturated rings. The van der Waals surface area contributed by atoms with Crippen LogP contribution in [0.1, 0.15) is 48.4 Å². The van der Waals surface area contributed by atoms with Crippen LogP contribution >= 0.6 is 0 Å². The van der Waals surface area contributed by atoms with Crippen molar-refractivity contribution in [3.63, 3.8) is 0 Å². The first-order valence-corrected chi connectivity index (χ1v) is 11.3. The van der Waals surface area contributed by atoms with Crippen LogP contribution in [0.2, 0.25) is 13.1 Å². The second-order valence-corrected chi connectivity index (χ2v) is 9.72. The van der Waals surface area contributed by atoms with Crippen LogP contribution in [0, 0.1) is 5.82 Å². The van der Waals surface area contributed by atoms with Crippen molar-refractivity contribution in [3.8, 4) is 5.75 Å². The number of hydrogen-bond acceptors (Lipinski definition) is 3. The zero-order valence-corrected chi connectivity index (χ0v) is 17.5. The molecule has 0 heterocycles. The van der Waals surface area contributed by atoms with Crippen LogP contribution < -0.4 is 9.74 Å². The molecule has 2 N–H and O–H groups in total. The summed E-state index contributed by atoms with van der Waals surface area (Å²) in [5, 5.41) is 12.8. The second-order valence-electron chi connectivity index (χ2n) is 7.70. The number of carbonyl (C=O) groups is 1. The summed E-state index contributed by atoms with van der Waals surface area (Å²) in [4.78, 5) is 12.5. The monoisotopic (exact) mass is 388 g/mol. The highest BCUT2D eigenvalue weighted by Crippen LogP contribution is 2.35. The number of benzene rings is 2. The Bertz CT molecular complexity index is 788. The van der Waals surface area contributed by atoms with E-state index in [9.17, 15) is 9.90 Å². The van der Waals surface area contributed by atoms with Gasteiger partial charge in [0.1, 0.15) is 11.6 Å². The molecule has 0 unspecified atom stereocenters. The first-order valence-electron chi connectivity index (χ1n) is 8.93. The Labute approximate surface area is 162 Å². The summed E-state index contributed by atoms with van der Waals surface area (Å²) >= 11 is 0. The van der Waals surface area contributed by atoms with E-state index in [1.807, 2.05) is 52.1 Å². The van der Waals surface area contributed by atoms with E-state index in [0.717, 1.165) is 0 Å². The number of hydrogen-bond donors (Lipinski definition) is 2. The van der Waals surface area contributed by atoms with E-state index < -0.39 is 32.3 Å². The lowest BCUT2D eigenvalue weighted by atomic mass is 9.84. The Morgan fingerprint density at radius 3 is 2.37 bits per heavy atom. The van der Waals surface area contributed by atoms with Crippen molar-refractivity contribution in [2.75, 3.05) is 6.54 Å². The van der Waals surface area contributed by atoms with Crippen LogP contribution in [-0.4, -0.2) is 26.6 Å². The second kappa shape index (κ2) is 8.67. The number of carbonyl (C=O) groups excluding carboxylic acids is 1. The summed E-state index contributed by atoms with van der Waals surface area (Å²) in [6.45, 7) is 9.61. The van der Waals surface area contributed by atoms with Crippen LogP contribution in [0.4, 0.5) is 4.39 Å². The third-order valence-corrected chi connectivity index (χ3v) is 4.68. The predicted molar refractivity (Wildman–Crippen MR) is 107 cm³/mol. The Morgan fingerprint density at radius 2 is 1.81 bits per heavy atom. The standard InChI is InChI=1S/C21H27FNO3Si/c1-21(2,3)18-17(26-27(4)5)12-11-15(19(18)22)20(25)23-13-16(24)14-9-7-6-8-10-14/h6-12,16,24H,13H2,1-5H3,(H,23,25)/t16-/m1/s1. The van der Waals surface area contributed by atoms with Crippen molar-refractivity contribution < 1.29 is 18.7 Å². The number of amides is 1. The largest absolute Gasteiger partial charge is 0.542 e. The van der Waals surface area contributed by atoms with E-state index in [1.54, 1.807) is 18.2 Å². The molecule has 0 aliphatic heterocycles. The van der Waals surface area contributed by atoms with Crippen molar-refractivity contribution >= 4 is 14.9 Å². The van der Waals surface area contributed by atoms with E-state index in [2.05, 4.69) is 5.32 Å². The molecular formula is C21H27FNO3Si. The minimum Gasteiger partial charge on any atom is -0.542 e. The maximum Gasteiger partial charge on any atom is 0.274 e. The molecule has 0 aliphatic carbocycles. The molecule has 27 heavy (non-hydrogen) atoms. The van der Waals surface area contributed by atoms with Gasteiger partial charge in [-0.15, -0.1) is 0 Å². The summed E-state index contributed by atoms with van der Waals surface area (Å²) in [7, 11) is -1.07. The average Bonchev–Trinajstić information content (AvgIpc) is 2.58. The van der Waals surface area contributed by atoms with Gasteiger partial charge in [-0.2, -0.15) is 0 Å². The van der Waals surface area contributed by atoms with Crippen LogP contribution in [0.3, 0.4) is 0 Å². The first kappa shape index (κ1) is 21.1. The van der Waals surface area contributed by atoms with Gasteiger partial charge in [0.15, 0.2) is 0 Å². The molecule has 0 saturated heterocycles. The minimum absolute atomic E-state index is 0.00243. The number of nitrogens with one attached hydrogen (secondary N) is 1. The highest BCUT2D eigenvalue weighted by atomic mass is 28.3. The van der Waals surface area contributed by atoms with Crippen molar-refractivity contribution in [3.05, 3.63) is 65.0 Å². The van der Waals surface area contributed by atoms with Gasteiger partial charge < -0.3 is 14.8 Å². The van der Waals surface area contributed by atoms with E-state index in [1.165, 1.54) is 6.07 Å². The van der Waals surface area contributed by atoms with Gasteiger partial charge in [0.25, 0.3) is 14.9 Å². The number of rotatable bonds is 6. The molecule has 2 aromatic rings. The van der Waals surface area contributed by atoms with Crippen LogP contribution in [-0.2, 0) is 5.41 Å². The normalized spacial score (nSPS) is 12.7. The topological polar surface area (TPSA) is 58.6 Å². The van der Waals surface area contributed by atoms with Gasteiger partial charge in [-0.05, 0) is 36.2 Å². The Morgan fingerprint density at radius 1 is 1.19 bits per heavy atom. The summed E-state index contributed by atoms with van der Waals surface area (Å²) in [6.07, 6.45) is -0.853. The van der Waals surface area contributed by atoms with Crippen LogP contribution in [0.5, 0.6) is 5.75 Å². The molecule has 0 aromatic heterocycles. The molecule has 6 heteroatoms. The lowest BCUT2D eigenvalue weighted by molar-refractivity contribution is 0.0912. The van der Waals surface area contributed by atoms with E-state index in [0.29, 0.717) is 16.9 Å². The number of aliphatic hydroxyl groups excluding tert-OH is 1. The summed E-state index contributed by atoms with van der Waals surface area (Å²) in [5.41, 5.74) is 0.521. The maximum absolute atomic E-state index is 15.2. The molecular weight excluding hydrogens is 361 g/mol. The average molecular weight is 389 g/mol. The maximum atomic E-state index is 15.2. The van der Waals surface area contributed by atoms with Crippen molar-refractivity contribution in [2.24, 2.45) is 0 Å². The molecule has 2 rings (SSSR count). The molecule has 1 radical (unpaired) electrons. The third kappa shape index (κ3) is 5.40. The summed E-state index contributed by atoms with van der Waals surface area (Å²) in [6, 6.07) is 12.1. The van der Waals surface area contributed by atoms with E-state index >= 15 is 4.39 Å². The summed E-state index contributed by atoms with van der Waals surface area (Å²) < 4.78 is 21.0. The van der Waals surface area contributed by atoms with Crippen molar-refractivity contribution in [1.29, 1.82) is 0 Å². The molecule has 1 amide bonds. The minimum atomic E-state index is -1.07. The fourth-order valence-corrected chi connectivity index (χ4v) is 3.43. The van der Waals surface area contributed by atoms with E-state index in [-0.39, 0.29) is 12.1 Å². The third-order valence-electron chi connectivity index (χ3n) is 4.05. The zero-order chi connectivity index (χ0) is 20.2. The van der Waals surface area contributed by atoms with Gasteiger partial charge in [0, 0.05) is 12.1 Å². The zero-order valence-electron chi connectivity index (χ0n) is 16.5. The fraction of sp³-hybridized carbons (Fsp3) is 0.381. The quantitative estimate of drug-likeness (QED) is 0.729. The highest BCUT2D eigenvalue weighted by Gasteiger charge is 2.28. The Kier molecular flexibility index (Phi) is 6.78. The molecule has 1 atom stereocenters. The van der Waals surface area contributed by atoms with Gasteiger partial charge in [-0.1, -0.05) is 51.1 Å². The molecule has 0 bridgehead atoms. The molecule has 0 saturated carbocycles. The molecule has 0 aliphatic rings. The SMILES string of the molecule is C[Si](C)Oc1ccc(C(=O)NC[C@@H](O)c2ccccc2)c(F)c1C(C)(C)C. The number of aliphatic hydroxyl groups is 1. The highest BCUT2D eigenvalue weighted by molar-refractivity contribution is 6.49. The van der Waals surface area contributed by atoms with E-state index in [4.69, 9.17) is 4.43 Å².